The summed E-state index contributed by atoms with van der Waals surface area (Å²) in [4.78, 5) is 1.34. The molecule has 0 aromatic carbocycles. The molecule has 1 unspecified atom stereocenters. The summed E-state index contributed by atoms with van der Waals surface area (Å²) in [5, 5.41) is 5.50. The summed E-state index contributed by atoms with van der Waals surface area (Å²) in [5.74, 6) is 0. The minimum absolute atomic E-state index is 0.178. The minimum atomic E-state index is -0.178. The molecule has 0 radical (unpaired) electrons. The van der Waals surface area contributed by atoms with E-state index in [2.05, 4.69) is 37.5 Å². The maximum Gasteiger partial charge on any atom is 0.0816 e. The zero-order chi connectivity index (χ0) is 10.8. The van der Waals surface area contributed by atoms with E-state index < -0.39 is 0 Å². The zero-order valence-electron chi connectivity index (χ0n) is 9.55. The smallest absolute Gasteiger partial charge is 0.0816 e. The van der Waals surface area contributed by atoms with Crippen LogP contribution in [0.5, 0.6) is 0 Å². The number of aryl methyl sites for hydroxylation is 1. The van der Waals surface area contributed by atoms with Crippen molar-refractivity contribution in [2.45, 2.75) is 32.4 Å². The summed E-state index contributed by atoms with van der Waals surface area (Å²) in [5.41, 5.74) is 1.13. The highest BCUT2D eigenvalue weighted by Crippen LogP contribution is 2.30. The van der Waals surface area contributed by atoms with Crippen LogP contribution in [0.4, 0.5) is 0 Å². The number of likely N-dealkylation sites (N-methyl/N-ethyl adjacent to an activating group) is 1. The first-order chi connectivity index (χ1) is 6.51. The van der Waals surface area contributed by atoms with Crippen LogP contribution in [-0.4, -0.2) is 19.8 Å². The van der Waals surface area contributed by atoms with E-state index in [0.717, 1.165) is 0 Å². The second-order valence-corrected chi connectivity index (χ2v) is 5.14. The van der Waals surface area contributed by atoms with E-state index in [9.17, 15) is 0 Å². The largest absolute Gasteiger partial charge is 0.377 e. The fraction of sp³-hybridized carbons (Fsp3) is 0.636. The fourth-order valence-electron chi connectivity index (χ4n) is 1.65. The van der Waals surface area contributed by atoms with Gasteiger partial charge in [0.25, 0.3) is 0 Å². The first-order valence-electron chi connectivity index (χ1n) is 4.78. The third kappa shape index (κ3) is 2.35. The van der Waals surface area contributed by atoms with Gasteiger partial charge in [-0.2, -0.15) is 0 Å². The maximum absolute atomic E-state index is 5.50. The van der Waals surface area contributed by atoms with Crippen LogP contribution in [0, 0.1) is 6.92 Å². The Bertz CT molecular complexity index is 293. The highest BCUT2D eigenvalue weighted by Gasteiger charge is 2.29. The standard InChI is InChI=1S/C11H19NOS/c1-8-6-9(7-14-8)10(12-4)11(2,3)13-5/h6-7,10,12H,1-5H3. The molecule has 0 amide bonds. The van der Waals surface area contributed by atoms with Gasteiger partial charge in [0, 0.05) is 12.0 Å². The van der Waals surface area contributed by atoms with Crippen molar-refractivity contribution in [3.8, 4) is 0 Å². The molecule has 3 heteroatoms. The van der Waals surface area contributed by atoms with Crippen LogP contribution in [0.1, 0.15) is 30.3 Å². The van der Waals surface area contributed by atoms with Crippen LogP contribution in [0.2, 0.25) is 0 Å². The zero-order valence-corrected chi connectivity index (χ0v) is 10.4. The molecule has 0 spiro atoms. The molecule has 1 heterocycles. The molecule has 1 atom stereocenters. The molecule has 0 fully saturated rings. The normalized spacial score (nSPS) is 14.4. The van der Waals surface area contributed by atoms with E-state index in [1.165, 1.54) is 10.4 Å². The topological polar surface area (TPSA) is 21.3 Å². The molecule has 14 heavy (non-hydrogen) atoms. The van der Waals surface area contributed by atoms with Gasteiger partial charge < -0.3 is 10.1 Å². The van der Waals surface area contributed by atoms with Gasteiger partial charge in [-0.05, 0) is 44.8 Å². The number of hydrogen-bond acceptors (Lipinski definition) is 3. The second kappa shape index (κ2) is 4.43. The van der Waals surface area contributed by atoms with Gasteiger partial charge in [0.1, 0.15) is 0 Å². The van der Waals surface area contributed by atoms with Gasteiger partial charge in [-0.3, -0.25) is 0 Å². The van der Waals surface area contributed by atoms with Gasteiger partial charge in [-0.1, -0.05) is 0 Å². The molecule has 1 rings (SSSR count). The Morgan fingerprint density at radius 1 is 1.50 bits per heavy atom. The summed E-state index contributed by atoms with van der Waals surface area (Å²) in [6.07, 6.45) is 0. The van der Waals surface area contributed by atoms with Crippen molar-refractivity contribution in [1.82, 2.24) is 5.32 Å². The number of hydrogen-bond donors (Lipinski definition) is 1. The molecule has 1 N–H and O–H groups in total. The number of thiophene rings is 1. The Morgan fingerprint density at radius 3 is 2.50 bits per heavy atom. The molecule has 0 bridgehead atoms. The predicted octanol–water partition coefficient (Wildman–Crippen LogP) is 2.74. The van der Waals surface area contributed by atoms with Crippen molar-refractivity contribution >= 4 is 11.3 Å². The Balaban J connectivity index is 2.92. The minimum Gasteiger partial charge on any atom is -0.377 e. The Labute approximate surface area is 90.3 Å². The molecule has 0 aliphatic carbocycles. The lowest BCUT2D eigenvalue weighted by molar-refractivity contribution is -0.00887. The van der Waals surface area contributed by atoms with E-state index >= 15 is 0 Å². The van der Waals surface area contributed by atoms with Crippen molar-refractivity contribution in [3.05, 3.63) is 21.9 Å². The van der Waals surface area contributed by atoms with Crippen molar-refractivity contribution in [3.63, 3.8) is 0 Å². The maximum atomic E-state index is 5.50. The average molecular weight is 213 g/mol. The van der Waals surface area contributed by atoms with Crippen LogP contribution >= 0.6 is 11.3 Å². The Kier molecular flexibility index (Phi) is 3.70. The molecule has 0 aliphatic heterocycles. The lowest BCUT2D eigenvalue weighted by Gasteiger charge is -2.32. The van der Waals surface area contributed by atoms with Gasteiger partial charge >= 0.3 is 0 Å². The van der Waals surface area contributed by atoms with Crippen LogP contribution in [-0.2, 0) is 4.74 Å². The molecule has 0 saturated heterocycles. The SMILES string of the molecule is CNC(c1csc(C)c1)C(C)(C)OC. The lowest BCUT2D eigenvalue weighted by Crippen LogP contribution is -2.38. The molecule has 0 saturated carbocycles. The van der Waals surface area contributed by atoms with Crippen LogP contribution in [0.3, 0.4) is 0 Å². The van der Waals surface area contributed by atoms with Crippen molar-refractivity contribution in [2.75, 3.05) is 14.2 Å². The van der Waals surface area contributed by atoms with Crippen molar-refractivity contribution in [2.24, 2.45) is 0 Å². The number of methoxy groups -OCH3 is 1. The summed E-state index contributed by atoms with van der Waals surface area (Å²) in [7, 11) is 3.72. The summed E-state index contributed by atoms with van der Waals surface area (Å²) < 4.78 is 5.50. The summed E-state index contributed by atoms with van der Waals surface area (Å²) in [6.45, 7) is 6.32. The van der Waals surface area contributed by atoms with Gasteiger partial charge in [0.2, 0.25) is 0 Å². The lowest BCUT2D eigenvalue weighted by atomic mass is 9.93. The third-order valence-electron chi connectivity index (χ3n) is 2.59. The Hall–Kier alpha value is -0.380. The summed E-state index contributed by atoms with van der Waals surface area (Å²) >= 11 is 1.78. The van der Waals surface area contributed by atoms with Gasteiger partial charge in [0.05, 0.1) is 11.6 Å². The Morgan fingerprint density at radius 2 is 2.14 bits per heavy atom. The molecule has 0 aliphatic rings. The highest BCUT2D eigenvalue weighted by molar-refractivity contribution is 7.10. The first-order valence-corrected chi connectivity index (χ1v) is 5.66. The van der Waals surface area contributed by atoms with E-state index in [4.69, 9.17) is 4.74 Å². The molecule has 1 aromatic rings. The van der Waals surface area contributed by atoms with E-state index in [1.807, 2.05) is 7.05 Å². The molecular formula is C11H19NOS. The second-order valence-electron chi connectivity index (χ2n) is 4.02. The fourth-order valence-corrected chi connectivity index (χ4v) is 2.38. The number of rotatable bonds is 4. The van der Waals surface area contributed by atoms with E-state index in [0.29, 0.717) is 0 Å². The first kappa shape index (κ1) is 11.7. The predicted molar refractivity (Wildman–Crippen MR) is 61.9 cm³/mol. The average Bonchev–Trinajstić information content (AvgIpc) is 2.53. The van der Waals surface area contributed by atoms with Crippen LogP contribution < -0.4 is 5.32 Å². The molecule has 1 aromatic heterocycles. The van der Waals surface area contributed by atoms with Crippen molar-refractivity contribution in [1.29, 1.82) is 0 Å². The van der Waals surface area contributed by atoms with Crippen molar-refractivity contribution < 1.29 is 4.74 Å². The number of ether oxygens (including phenoxy) is 1. The molecule has 80 valence electrons. The van der Waals surface area contributed by atoms with Gasteiger partial charge in [0.15, 0.2) is 0 Å². The number of nitrogens with one attached hydrogen (secondary N) is 1. The molecular weight excluding hydrogens is 194 g/mol. The quantitative estimate of drug-likeness (QED) is 0.830. The third-order valence-corrected chi connectivity index (χ3v) is 3.47. The van der Waals surface area contributed by atoms with E-state index in [-0.39, 0.29) is 11.6 Å². The van der Waals surface area contributed by atoms with Crippen LogP contribution in [0.15, 0.2) is 11.4 Å². The monoisotopic (exact) mass is 213 g/mol. The van der Waals surface area contributed by atoms with Gasteiger partial charge in [-0.15, -0.1) is 11.3 Å². The van der Waals surface area contributed by atoms with Gasteiger partial charge in [-0.25, -0.2) is 0 Å². The van der Waals surface area contributed by atoms with Crippen LogP contribution in [0.25, 0.3) is 0 Å². The molecule has 2 nitrogen and oxygen atoms in total. The summed E-state index contributed by atoms with van der Waals surface area (Å²) in [6, 6.07) is 2.46. The highest BCUT2D eigenvalue weighted by atomic mass is 32.1. The van der Waals surface area contributed by atoms with E-state index in [1.54, 1.807) is 18.4 Å².